The van der Waals surface area contributed by atoms with Gasteiger partial charge in [0, 0.05) is 13.2 Å². The number of carbonyl (C=O) groups is 1. The van der Waals surface area contributed by atoms with Crippen LogP contribution in [0.15, 0.2) is 4.90 Å². The first kappa shape index (κ1) is 16.7. The van der Waals surface area contributed by atoms with Crippen LogP contribution in [0.2, 0.25) is 0 Å². The number of ether oxygens (including phenoxy) is 1. The number of nitrogen functional groups attached to an aromatic ring is 1. The normalized spacial score (nSPS) is 13.2. The largest absolute Gasteiger partial charge is 0.396 e. The quantitative estimate of drug-likeness (QED) is 0.678. The topological polar surface area (TPSA) is 125 Å². The maximum Gasteiger partial charge on any atom is 0.261 e. The van der Waals surface area contributed by atoms with Gasteiger partial charge in [-0.2, -0.15) is 0 Å². The van der Waals surface area contributed by atoms with E-state index in [0.29, 0.717) is 11.6 Å². The molecule has 0 saturated heterocycles. The zero-order valence-electron chi connectivity index (χ0n) is 11.6. The summed E-state index contributed by atoms with van der Waals surface area (Å²) >= 11 is 0.945. The lowest BCUT2D eigenvalue weighted by Gasteiger charge is -2.14. The summed E-state index contributed by atoms with van der Waals surface area (Å²) in [5.41, 5.74) is 10.9. The molecule has 7 nitrogen and oxygen atoms in total. The van der Waals surface area contributed by atoms with E-state index in [9.17, 15) is 13.2 Å². The molecular weight excluding hydrogens is 302 g/mol. The molecule has 5 N–H and O–H groups in total. The fraction of sp³-hybridized carbons (Fsp3) is 0.545. The molecule has 1 aromatic heterocycles. The third-order valence-corrected chi connectivity index (χ3v) is 5.70. The van der Waals surface area contributed by atoms with Crippen LogP contribution in [-0.2, 0) is 14.6 Å². The number of amides is 1. The van der Waals surface area contributed by atoms with Crippen LogP contribution in [0.4, 0.5) is 10.7 Å². The number of carbonyl (C=O) groups excluding carboxylic acids is 1. The van der Waals surface area contributed by atoms with Crippen LogP contribution < -0.4 is 16.8 Å². The number of hydrogen-bond acceptors (Lipinski definition) is 7. The summed E-state index contributed by atoms with van der Waals surface area (Å²) in [5, 5.41) is 3.32. The average molecular weight is 321 g/mol. The SMILES string of the molecule is CCS(=O)(=O)c1c(NC(C)COC)sc(C(N)=O)c1N. The summed E-state index contributed by atoms with van der Waals surface area (Å²) in [6, 6.07) is -0.135. The van der Waals surface area contributed by atoms with E-state index >= 15 is 0 Å². The molecule has 1 unspecified atom stereocenters. The number of thiophene rings is 1. The predicted octanol–water partition coefficient (Wildman–Crippen LogP) is 0.670. The van der Waals surface area contributed by atoms with Gasteiger partial charge in [-0.25, -0.2) is 8.42 Å². The highest BCUT2D eigenvalue weighted by Crippen LogP contribution is 2.39. The Morgan fingerprint density at radius 3 is 2.55 bits per heavy atom. The maximum absolute atomic E-state index is 12.1. The fourth-order valence-corrected chi connectivity index (χ4v) is 4.29. The summed E-state index contributed by atoms with van der Waals surface area (Å²) in [4.78, 5) is 11.3. The lowest BCUT2D eigenvalue weighted by molar-refractivity contribution is 0.100. The lowest BCUT2D eigenvalue weighted by Crippen LogP contribution is -2.21. The molecule has 0 spiro atoms. The molecule has 0 aliphatic carbocycles. The number of nitrogens with two attached hydrogens (primary N) is 2. The second-order valence-corrected chi connectivity index (χ2v) is 7.51. The summed E-state index contributed by atoms with van der Waals surface area (Å²) in [6.45, 7) is 3.72. The first-order valence-corrected chi connectivity index (χ1v) is 8.41. The van der Waals surface area contributed by atoms with E-state index in [1.165, 1.54) is 6.92 Å². The van der Waals surface area contributed by atoms with Gasteiger partial charge in [-0.3, -0.25) is 4.79 Å². The Bertz CT molecular complexity index is 595. The summed E-state index contributed by atoms with van der Waals surface area (Å²) in [5.74, 6) is -0.855. The van der Waals surface area contributed by atoms with Crippen molar-refractivity contribution in [2.75, 3.05) is 30.5 Å². The van der Waals surface area contributed by atoms with E-state index in [2.05, 4.69) is 5.32 Å². The van der Waals surface area contributed by atoms with Crippen molar-refractivity contribution in [3.63, 3.8) is 0 Å². The van der Waals surface area contributed by atoms with Gasteiger partial charge < -0.3 is 21.5 Å². The number of anilines is 2. The first-order valence-electron chi connectivity index (χ1n) is 5.94. The Labute approximate surface area is 122 Å². The number of methoxy groups -OCH3 is 1. The number of rotatable bonds is 7. The van der Waals surface area contributed by atoms with E-state index in [-0.39, 0.29) is 27.3 Å². The molecule has 0 radical (unpaired) electrons. The summed E-state index contributed by atoms with van der Waals surface area (Å²) < 4.78 is 29.2. The molecule has 1 aromatic rings. The van der Waals surface area contributed by atoms with Gasteiger partial charge in [0.05, 0.1) is 18.0 Å². The second kappa shape index (κ2) is 6.42. The zero-order valence-corrected chi connectivity index (χ0v) is 13.2. The Balaban J connectivity index is 3.35. The van der Waals surface area contributed by atoms with Crippen molar-refractivity contribution in [2.24, 2.45) is 5.73 Å². The van der Waals surface area contributed by atoms with Gasteiger partial charge in [0.15, 0.2) is 9.84 Å². The Kier molecular flexibility index (Phi) is 5.37. The van der Waals surface area contributed by atoms with Crippen molar-refractivity contribution in [3.05, 3.63) is 4.88 Å². The van der Waals surface area contributed by atoms with Gasteiger partial charge >= 0.3 is 0 Å². The summed E-state index contributed by atoms with van der Waals surface area (Å²) in [7, 11) is -2.02. The maximum atomic E-state index is 12.1. The molecule has 114 valence electrons. The van der Waals surface area contributed by atoms with Gasteiger partial charge in [0.25, 0.3) is 5.91 Å². The zero-order chi connectivity index (χ0) is 15.5. The molecule has 0 saturated carbocycles. The van der Waals surface area contributed by atoms with E-state index in [4.69, 9.17) is 16.2 Å². The molecule has 0 aliphatic rings. The fourth-order valence-electron chi connectivity index (χ4n) is 1.68. The molecule has 1 atom stereocenters. The number of primary amides is 1. The van der Waals surface area contributed by atoms with E-state index in [0.717, 1.165) is 11.3 Å². The van der Waals surface area contributed by atoms with Gasteiger partial charge in [-0.05, 0) is 6.92 Å². The summed E-state index contributed by atoms with van der Waals surface area (Å²) in [6.07, 6.45) is 0. The molecule has 0 aliphatic heterocycles. The molecule has 20 heavy (non-hydrogen) atoms. The second-order valence-electron chi connectivity index (χ2n) is 4.27. The van der Waals surface area contributed by atoms with Crippen LogP contribution in [0.1, 0.15) is 23.5 Å². The van der Waals surface area contributed by atoms with Crippen LogP contribution in [0.5, 0.6) is 0 Å². The van der Waals surface area contributed by atoms with Crippen LogP contribution >= 0.6 is 11.3 Å². The molecule has 1 rings (SSSR count). The van der Waals surface area contributed by atoms with Gasteiger partial charge in [0.1, 0.15) is 14.8 Å². The molecular formula is C11H19N3O4S2. The molecule has 0 bridgehead atoms. The standard InChI is InChI=1S/C11H19N3O4S2/c1-4-20(16,17)9-7(12)8(10(13)15)19-11(9)14-6(2)5-18-3/h6,14H,4-5,12H2,1-3H3,(H2,13,15). The van der Waals surface area contributed by atoms with Crippen LogP contribution in [0.3, 0.4) is 0 Å². The first-order chi connectivity index (χ1) is 9.24. The third-order valence-electron chi connectivity index (χ3n) is 2.61. The van der Waals surface area contributed by atoms with Crippen LogP contribution in [0, 0.1) is 0 Å². The number of nitrogens with one attached hydrogen (secondary N) is 1. The Morgan fingerprint density at radius 2 is 2.10 bits per heavy atom. The minimum Gasteiger partial charge on any atom is -0.396 e. The molecule has 0 aromatic carbocycles. The minimum atomic E-state index is -3.56. The van der Waals surface area contributed by atoms with Crippen LogP contribution in [0.25, 0.3) is 0 Å². The van der Waals surface area contributed by atoms with Crippen molar-refractivity contribution in [1.29, 1.82) is 0 Å². The monoisotopic (exact) mass is 321 g/mol. The van der Waals surface area contributed by atoms with Crippen molar-refractivity contribution in [3.8, 4) is 0 Å². The molecule has 0 fully saturated rings. The lowest BCUT2D eigenvalue weighted by atomic mass is 10.3. The van der Waals surface area contributed by atoms with Crippen molar-refractivity contribution in [1.82, 2.24) is 0 Å². The van der Waals surface area contributed by atoms with Crippen molar-refractivity contribution >= 4 is 37.8 Å². The van der Waals surface area contributed by atoms with Gasteiger partial charge in [0.2, 0.25) is 0 Å². The van der Waals surface area contributed by atoms with Crippen molar-refractivity contribution < 1.29 is 17.9 Å². The number of sulfone groups is 1. The Hall–Kier alpha value is -1.32. The van der Waals surface area contributed by atoms with E-state index in [1.54, 1.807) is 7.11 Å². The van der Waals surface area contributed by atoms with E-state index < -0.39 is 15.7 Å². The number of hydrogen-bond donors (Lipinski definition) is 3. The third kappa shape index (κ3) is 3.41. The van der Waals surface area contributed by atoms with Crippen molar-refractivity contribution in [2.45, 2.75) is 24.8 Å². The molecule has 1 amide bonds. The minimum absolute atomic E-state index is 0.0455. The molecule has 1 heterocycles. The highest BCUT2D eigenvalue weighted by molar-refractivity contribution is 7.91. The highest BCUT2D eigenvalue weighted by atomic mass is 32.2. The highest BCUT2D eigenvalue weighted by Gasteiger charge is 2.28. The van der Waals surface area contributed by atoms with E-state index in [1.807, 2.05) is 6.92 Å². The smallest absolute Gasteiger partial charge is 0.261 e. The van der Waals surface area contributed by atoms with Gasteiger partial charge in [-0.15, -0.1) is 11.3 Å². The Morgan fingerprint density at radius 1 is 1.50 bits per heavy atom. The van der Waals surface area contributed by atoms with Crippen LogP contribution in [-0.4, -0.2) is 39.8 Å². The average Bonchev–Trinajstić information content (AvgIpc) is 2.67. The van der Waals surface area contributed by atoms with Gasteiger partial charge in [-0.1, -0.05) is 6.92 Å². The molecule has 9 heteroatoms. The predicted molar refractivity (Wildman–Crippen MR) is 79.9 cm³/mol.